The molecule has 0 aromatic rings. The Hall–Kier alpha value is -0.651. The molecule has 0 saturated carbocycles. The Morgan fingerprint density at radius 1 is 0.667 bits per heavy atom. The van der Waals surface area contributed by atoms with Crippen molar-refractivity contribution in [3.8, 4) is 0 Å². The van der Waals surface area contributed by atoms with E-state index in [1.807, 2.05) is 6.08 Å². The van der Waals surface area contributed by atoms with E-state index in [1.54, 1.807) is 0 Å². The molecule has 0 bridgehead atoms. The summed E-state index contributed by atoms with van der Waals surface area (Å²) in [6, 6.07) is 0. The van der Waals surface area contributed by atoms with Gasteiger partial charge in [-0.2, -0.15) is 0 Å². The zero-order valence-corrected chi connectivity index (χ0v) is 15.8. The van der Waals surface area contributed by atoms with E-state index in [9.17, 15) is 0 Å². The predicted molar refractivity (Wildman–Crippen MR) is 93.8 cm³/mol. The van der Waals surface area contributed by atoms with Crippen molar-refractivity contribution >= 4 is 0 Å². The van der Waals surface area contributed by atoms with Crippen molar-refractivity contribution in [1.29, 1.82) is 0 Å². The van der Waals surface area contributed by atoms with Gasteiger partial charge in [0.2, 0.25) is 0 Å². The van der Waals surface area contributed by atoms with Gasteiger partial charge in [-0.25, -0.2) is 18.6 Å². The fourth-order valence-corrected chi connectivity index (χ4v) is 1.99. The molecule has 0 nitrogen and oxygen atoms in total. The summed E-state index contributed by atoms with van der Waals surface area (Å²) in [6.07, 6.45) is 16.1. The molecule has 0 N–H and O–H groups in total. The van der Waals surface area contributed by atoms with Gasteiger partial charge in [0.15, 0.2) is 0 Å². The first-order valence-electron chi connectivity index (χ1n) is 7.85. The third-order valence-electron chi connectivity index (χ3n) is 3.50. The fraction of sp³-hybridized carbons (Fsp3) is 0.550. The topological polar surface area (TPSA) is 0 Å². The summed E-state index contributed by atoms with van der Waals surface area (Å²) < 4.78 is 0. The van der Waals surface area contributed by atoms with Gasteiger partial charge >= 0.3 is 0 Å². The van der Waals surface area contributed by atoms with Crippen LogP contribution in [0.4, 0.5) is 0 Å². The van der Waals surface area contributed by atoms with Gasteiger partial charge in [-0.1, -0.05) is 41.4 Å². The second-order valence-corrected chi connectivity index (χ2v) is 6.05. The van der Waals surface area contributed by atoms with E-state index in [0.29, 0.717) is 0 Å². The molecule has 0 fully saturated rings. The van der Waals surface area contributed by atoms with E-state index in [-0.39, 0.29) is 17.1 Å². The van der Waals surface area contributed by atoms with Gasteiger partial charge in [-0.15, -0.1) is 6.92 Å². The first-order valence-corrected chi connectivity index (χ1v) is 7.85. The Kier molecular flexibility index (Phi) is 15.4. The average Bonchev–Trinajstić information content (AvgIpc) is 2.38. The number of hydrogen-bond acceptors (Lipinski definition) is 0. The zero-order chi connectivity index (χ0) is 15.4. The van der Waals surface area contributed by atoms with E-state index in [0.717, 1.165) is 12.8 Å². The molecule has 121 valence electrons. The van der Waals surface area contributed by atoms with E-state index in [2.05, 4.69) is 59.8 Å². The first kappa shape index (κ1) is 22.6. The molecule has 0 heterocycles. The number of rotatable bonds is 9. The summed E-state index contributed by atoms with van der Waals surface area (Å²) in [5, 5.41) is 0. The minimum Gasteiger partial charge on any atom is -0.245 e. The predicted octanol–water partition coefficient (Wildman–Crippen LogP) is 6.96. The van der Waals surface area contributed by atoms with Gasteiger partial charge in [0, 0.05) is 17.1 Å². The molecular formula is C20H33Mn-. The van der Waals surface area contributed by atoms with Crippen molar-refractivity contribution in [2.75, 3.05) is 0 Å². The van der Waals surface area contributed by atoms with Gasteiger partial charge in [0.25, 0.3) is 0 Å². The van der Waals surface area contributed by atoms with Crippen LogP contribution in [-0.2, 0) is 17.1 Å². The monoisotopic (exact) mass is 328 g/mol. The number of hydrogen-bond donors (Lipinski definition) is 0. The molecule has 0 unspecified atom stereocenters. The van der Waals surface area contributed by atoms with Crippen molar-refractivity contribution in [3.63, 3.8) is 0 Å². The Balaban J connectivity index is 0. The standard InChI is InChI=1S/C20H33.Mn/c1-7-18(4)12-9-14-20(6)16-10-15-19(5)13-8-11-17(2)3;/h7,11,14-15H,1,8-10,12-13,16H2,2-6H3;/q-1;/b18-7+,19-15+,20-14+;. The Morgan fingerprint density at radius 2 is 1.05 bits per heavy atom. The molecule has 0 aromatic carbocycles. The van der Waals surface area contributed by atoms with E-state index in [4.69, 9.17) is 0 Å². The van der Waals surface area contributed by atoms with E-state index in [1.165, 1.54) is 48.0 Å². The first-order chi connectivity index (χ1) is 9.45. The zero-order valence-electron chi connectivity index (χ0n) is 14.6. The van der Waals surface area contributed by atoms with Gasteiger partial charge in [0.1, 0.15) is 0 Å². The maximum absolute atomic E-state index is 3.79. The molecule has 0 amide bonds. The molecule has 0 rings (SSSR count). The summed E-state index contributed by atoms with van der Waals surface area (Å²) in [4.78, 5) is 0. The largest absolute Gasteiger partial charge is 0.245 e. The van der Waals surface area contributed by atoms with E-state index < -0.39 is 0 Å². The van der Waals surface area contributed by atoms with Crippen molar-refractivity contribution in [1.82, 2.24) is 0 Å². The van der Waals surface area contributed by atoms with Crippen LogP contribution in [0.3, 0.4) is 0 Å². The van der Waals surface area contributed by atoms with Crippen molar-refractivity contribution in [2.45, 2.75) is 73.1 Å². The average molecular weight is 328 g/mol. The molecule has 0 atom stereocenters. The van der Waals surface area contributed by atoms with Gasteiger partial charge in [-0.05, 0) is 59.8 Å². The molecule has 0 saturated heterocycles. The second kappa shape index (κ2) is 14.3. The van der Waals surface area contributed by atoms with Crippen molar-refractivity contribution in [3.05, 3.63) is 53.5 Å². The summed E-state index contributed by atoms with van der Waals surface area (Å²) in [5.74, 6) is 0. The van der Waals surface area contributed by atoms with Crippen LogP contribution in [-0.4, -0.2) is 0 Å². The summed E-state index contributed by atoms with van der Waals surface area (Å²) in [6.45, 7) is 14.8. The molecule has 0 aliphatic heterocycles. The maximum atomic E-state index is 3.79. The Labute approximate surface area is 144 Å². The molecule has 1 heteroatoms. The van der Waals surface area contributed by atoms with Crippen LogP contribution < -0.4 is 0 Å². The minimum absolute atomic E-state index is 0. The summed E-state index contributed by atoms with van der Waals surface area (Å²) in [7, 11) is 0. The SMILES string of the molecule is [CH2-]/C=C(\C)CC/C=C(\C)CC/C=C(\C)CCC=C(C)C.[Mn]. The molecule has 21 heavy (non-hydrogen) atoms. The molecule has 0 spiro atoms. The van der Waals surface area contributed by atoms with E-state index >= 15 is 0 Å². The number of allylic oxidation sites excluding steroid dienone is 8. The molecule has 0 aliphatic carbocycles. The van der Waals surface area contributed by atoms with Crippen LogP contribution in [0, 0.1) is 6.92 Å². The van der Waals surface area contributed by atoms with Gasteiger partial charge in [-0.3, -0.25) is 0 Å². The molecule has 1 radical (unpaired) electrons. The van der Waals surface area contributed by atoms with Crippen molar-refractivity contribution in [2.24, 2.45) is 0 Å². The third kappa shape index (κ3) is 15.6. The van der Waals surface area contributed by atoms with Crippen LogP contribution >= 0.6 is 0 Å². The van der Waals surface area contributed by atoms with Gasteiger partial charge in [0.05, 0.1) is 0 Å². The smallest absolute Gasteiger partial charge is 0 e. The van der Waals surface area contributed by atoms with Crippen LogP contribution in [0.25, 0.3) is 0 Å². The van der Waals surface area contributed by atoms with Gasteiger partial charge < -0.3 is 0 Å². The summed E-state index contributed by atoms with van der Waals surface area (Å²) >= 11 is 0. The van der Waals surface area contributed by atoms with Crippen LogP contribution in [0.2, 0.25) is 0 Å². The third-order valence-corrected chi connectivity index (χ3v) is 3.50. The normalized spacial score (nSPS) is 12.9. The van der Waals surface area contributed by atoms with Crippen LogP contribution in [0.15, 0.2) is 46.6 Å². The maximum Gasteiger partial charge on any atom is 0 e. The second-order valence-electron chi connectivity index (χ2n) is 6.05. The molecule has 0 aliphatic rings. The molecular weight excluding hydrogens is 295 g/mol. The quantitative estimate of drug-likeness (QED) is 0.244. The minimum atomic E-state index is 0. The Morgan fingerprint density at radius 3 is 1.43 bits per heavy atom. The molecule has 0 aromatic heterocycles. The van der Waals surface area contributed by atoms with Crippen LogP contribution in [0.1, 0.15) is 73.1 Å². The Bertz CT molecular complexity index is 377. The summed E-state index contributed by atoms with van der Waals surface area (Å²) in [5.41, 5.74) is 5.83. The fourth-order valence-electron chi connectivity index (χ4n) is 1.99. The van der Waals surface area contributed by atoms with Crippen molar-refractivity contribution < 1.29 is 17.1 Å². The van der Waals surface area contributed by atoms with Crippen LogP contribution in [0.5, 0.6) is 0 Å².